The molecule has 3 rings (SSSR count). The second kappa shape index (κ2) is 5.09. The average molecular weight is 296 g/mol. The molecule has 1 fully saturated rings. The molecule has 1 saturated heterocycles. The Kier molecular flexibility index (Phi) is 3.39. The number of nitrogens with one attached hydrogen (secondary N) is 1. The Labute approximate surface area is 119 Å². The molecule has 1 aromatic heterocycles. The number of alkyl halides is 3. The minimum atomic E-state index is -4.37. The van der Waals surface area contributed by atoms with E-state index in [1.54, 1.807) is 24.4 Å². The zero-order chi connectivity index (χ0) is 15.0. The van der Waals surface area contributed by atoms with E-state index < -0.39 is 18.1 Å². The molecule has 1 aliphatic heterocycles. The smallest absolute Gasteiger partial charge is 0.361 e. The minimum Gasteiger partial charge on any atom is -0.361 e. The molecule has 6 heteroatoms. The Bertz CT molecular complexity index is 662. The van der Waals surface area contributed by atoms with Gasteiger partial charge in [0.25, 0.3) is 5.91 Å². The molecule has 0 unspecified atom stereocenters. The van der Waals surface area contributed by atoms with Gasteiger partial charge in [-0.2, -0.15) is 13.2 Å². The van der Waals surface area contributed by atoms with E-state index >= 15 is 0 Å². The Morgan fingerprint density at radius 2 is 2.05 bits per heavy atom. The predicted molar refractivity (Wildman–Crippen MR) is 73.0 cm³/mol. The van der Waals surface area contributed by atoms with Crippen LogP contribution < -0.4 is 0 Å². The van der Waals surface area contributed by atoms with E-state index in [2.05, 4.69) is 4.98 Å². The number of halogens is 3. The number of likely N-dealkylation sites (tertiary alicyclic amines) is 1. The van der Waals surface area contributed by atoms with E-state index in [0.29, 0.717) is 18.4 Å². The van der Waals surface area contributed by atoms with Crippen LogP contribution in [0.2, 0.25) is 0 Å². The van der Waals surface area contributed by atoms with Gasteiger partial charge in [-0.1, -0.05) is 6.07 Å². The highest BCUT2D eigenvalue weighted by Gasteiger charge is 2.46. The van der Waals surface area contributed by atoms with E-state index in [-0.39, 0.29) is 13.0 Å². The van der Waals surface area contributed by atoms with Gasteiger partial charge < -0.3 is 9.88 Å². The van der Waals surface area contributed by atoms with Crippen molar-refractivity contribution in [1.29, 1.82) is 0 Å². The number of amides is 1. The molecule has 0 aliphatic carbocycles. The van der Waals surface area contributed by atoms with E-state index in [9.17, 15) is 18.0 Å². The third-order valence-electron chi connectivity index (χ3n) is 3.94. The molecule has 2 heterocycles. The Hall–Kier alpha value is -1.98. The number of carbonyl (C=O) groups is 1. The van der Waals surface area contributed by atoms with Crippen molar-refractivity contribution in [2.75, 3.05) is 6.54 Å². The average Bonchev–Trinajstić information content (AvgIpc) is 2.93. The lowest BCUT2D eigenvalue weighted by Crippen LogP contribution is -2.51. The number of nitrogens with zero attached hydrogens (tertiary/aromatic N) is 1. The number of aromatic amines is 1. The Morgan fingerprint density at radius 3 is 2.81 bits per heavy atom. The summed E-state index contributed by atoms with van der Waals surface area (Å²) in [6.07, 6.45) is -1.53. The minimum absolute atomic E-state index is 0.0139. The molecule has 21 heavy (non-hydrogen) atoms. The SMILES string of the molecule is O=C(c1ccc2cc[nH]c2c1)N1CCCC[C@@H]1C(F)(F)F. The molecule has 0 spiro atoms. The van der Waals surface area contributed by atoms with Crippen molar-refractivity contribution in [3.05, 3.63) is 36.0 Å². The molecule has 1 atom stereocenters. The molecule has 3 nitrogen and oxygen atoms in total. The lowest BCUT2D eigenvalue weighted by atomic mass is 10.00. The summed E-state index contributed by atoms with van der Waals surface area (Å²) < 4.78 is 39.2. The van der Waals surface area contributed by atoms with Crippen LogP contribution >= 0.6 is 0 Å². The van der Waals surface area contributed by atoms with Gasteiger partial charge in [0.05, 0.1) is 0 Å². The molecular weight excluding hydrogens is 281 g/mol. The van der Waals surface area contributed by atoms with Crippen LogP contribution in [0.3, 0.4) is 0 Å². The monoisotopic (exact) mass is 296 g/mol. The van der Waals surface area contributed by atoms with Crippen molar-refractivity contribution in [2.24, 2.45) is 0 Å². The van der Waals surface area contributed by atoms with E-state index in [1.165, 1.54) is 0 Å². The molecule has 112 valence electrons. The normalized spacial score (nSPS) is 20.0. The molecule has 1 aromatic carbocycles. The number of H-pyrrole nitrogens is 1. The number of aromatic nitrogens is 1. The van der Waals surface area contributed by atoms with Gasteiger partial charge in [-0.25, -0.2) is 0 Å². The van der Waals surface area contributed by atoms with Crippen LogP contribution in [0.15, 0.2) is 30.5 Å². The van der Waals surface area contributed by atoms with Gasteiger partial charge in [-0.3, -0.25) is 4.79 Å². The van der Waals surface area contributed by atoms with Crippen molar-refractivity contribution in [3.63, 3.8) is 0 Å². The van der Waals surface area contributed by atoms with Gasteiger partial charge >= 0.3 is 6.18 Å². The number of hydrogen-bond acceptors (Lipinski definition) is 1. The summed E-state index contributed by atoms with van der Waals surface area (Å²) in [5.41, 5.74) is 1.04. The van der Waals surface area contributed by atoms with Gasteiger partial charge in [0.2, 0.25) is 0 Å². The van der Waals surface area contributed by atoms with Gasteiger partial charge in [-0.05, 0) is 42.8 Å². The second-order valence-corrected chi connectivity index (χ2v) is 5.33. The maximum Gasteiger partial charge on any atom is 0.408 e. The predicted octanol–water partition coefficient (Wildman–Crippen LogP) is 3.72. The zero-order valence-corrected chi connectivity index (χ0v) is 11.3. The summed E-state index contributed by atoms with van der Waals surface area (Å²) in [6.45, 7) is 0.159. The Balaban J connectivity index is 1.91. The maximum atomic E-state index is 13.1. The number of fused-ring (bicyclic) bond motifs is 1. The summed E-state index contributed by atoms with van der Waals surface area (Å²) in [7, 11) is 0. The molecule has 0 saturated carbocycles. The fourth-order valence-corrected chi connectivity index (χ4v) is 2.86. The van der Waals surface area contributed by atoms with E-state index in [4.69, 9.17) is 0 Å². The molecular formula is C15H15F3N2O. The van der Waals surface area contributed by atoms with Crippen LogP contribution in [0.4, 0.5) is 13.2 Å². The number of benzene rings is 1. The first-order valence-electron chi connectivity index (χ1n) is 6.91. The van der Waals surface area contributed by atoms with Crippen LogP contribution in [-0.2, 0) is 0 Å². The van der Waals surface area contributed by atoms with Gasteiger partial charge in [-0.15, -0.1) is 0 Å². The van der Waals surface area contributed by atoms with Crippen LogP contribution in [0.5, 0.6) is 0 Å². The standard InChI is InChI=1S/C15H15F3N2O/c16-15(17,18)13-3-1-2-8-20(13)14(21)11-5-4-10-6-7-19-12(10)9-11/h4-7,9,13,19H,1-3,8H2/t13-/m1/s1. The third kappa shape index (κ3) is 2.62. The summed E-state index contributed by atoms with van der Waals surface area (Å²) in [5, 5.41) is 0.928. The first-order chi connectivity index (χ1) is 9.97. The van der Waals surface area contributed by atoms with Crippen molar-refractivity contribution in [1.82, 2.24) is 9.88 Å². The topological polar surface area (TPSA) is 36.1 Å². The van der Waals surface area contributed by atoms with Crippen molar-refractivity contribution in [3.8, 4) is 0 Å². The quantitative estimate of drug-likeness (QED) is 0.855. The number of piperidine rings is 1. The number of hydrogen-bond donors (Lipinski definition) is 1. The van der Waals surface area contributed by atoms with E-state index in [1.807, 2.05) is 6.07 Å². The molecule has 1 N–H and O–H groups in total. The van der Waals surface area contributed by atoms with Gasteiger partial charge in [0.15, 0.2) is 0 Å². The molecule has 2 aromatic rings. The Morgan fingerprint density at radius 1 is 1.24 bits per heavy atom. The summed E-state index contributed by atoms with van der Waals surface area (Å²) >= 11 is 0. The second-order valence-electron chi connectivity index (χ2n) is 5.33. The highest BCUT2D eigenvalue weighted by molar-refractivity contribution is 5.98. The zero-order valence-electron chi connectivity index (χ0n) is 11.3. The lowest BCUT2D eigenvalue weighted by Gasteiger charge is -2.36. The van der Waals surface area contributed by atoms with Crippen LogP contribution in [0.25, 0.3) is 10.9 Å². The lowest BCUT2D eigenvalue weighted by molar-refractivity contribution is -0.183. The molecule has 1 aliphatic rings. The molecule has 0 bridgehead atoms. The maximum absolute atomic E-state index is 13.1. The van der Waals surface area contributed by atoms with E-state index in [0.717, 1.165) is 15.8 Å². The fraction of sp³-hybridized carbons (Fsp3) is 0.400. The van der Waals surface area contributed by atoms with Gasteiger partial charge in [0, 0.05) is 23.8 Å². The molecule has 1 amide bonds. The number of rotatable bonds is 1. The molecule has 0 radical (unpaired) electrons. The highest BCUT2D eigenvalue weighted by atomic mass is 19.4. The third-order valence-corrected chi connectivity index (χ3v) is 3.94. The first-order valence-corrected chi connectivity index (χ1v) is 6.91. The summed E-state index contributed by atoms with van der Waals surface area (Å²) in [6, 6.07) is 5.12. The summed E-state index contributed by atoms with van der Waals surface area (Å²) in [4.78, 5) is 16.4. The first kappa shape index (κ1) is 14.0. The fourth-order valence-electron chi connectivity index (χ4n) is 2.86. The van der Waals surface area contributed by atoms with Crippen LogP contribution in [0, 0.1) is 0 Å². The number of carbonyl (C=O) groups excluding carboxylic acids is 1. The highest BCUT2D eigenvalue weighted by Crippen LogP contribution is 2.33. The van der Waals surface area contributed by atoms with Crippen LogP contribution in [-0.4, -0.2) is 34.6 Å². The largest absolute Gasteiger partial charge is 0.408 e. The van der Waals surface area contributed by atoms with Gasteiger partial charge in [0.1, 0.15) is 6.04 Å². The van der Waals surface area contributed by atoms with Crippen molar-refractivity contribution < 1.29 is 18.0 Å². The van der Waals surface area contributed by atoms with Crippen molar-refractivity contribution in [2.45, 2.75) is 31.5 Å². The summed E-state index contributed by atoms with van der Waals surface area (Å²) in [5.74, 6) is -0.548. The van der Waals surface area contributed by atoms with Crippen LogP contribution in [0.1, 0.15) is 29.6 Å². The van der Waals surface area contributed by atoms with Crippen molar-refractivity contribution >= 4 is 16.8 Å².